The quantitative estimate of drug-likeness (QED) is 0.457. The summed E-state index contributed by atoms with van der Waals surface area (Å²) in [5.74, 6) is -1.28. The van der Waals surface area contributed by atoms with Gasteiger partial charge < -0.3 is 31.6 Å². The van der Waals surface area contributed by atoms with Crippen LogP contribution in [-0.4, -0.2) is 31.8 Å². The minimum atomic E-state index is -0.703. The number of anilines is 1. The molecule has 2 N–H and O–H groups in total. The van der Waals surface area contributed by atoms with Crippen LogP contribution >= 0.6 is 0 Å². The summed E-state index contributed by atoms with van der Waals surface area (Å²) in [7, 11) is 3.77. The number of carbonyl (C=O) groups excluding carboxylic acids is 1. The first-order valence-corrected chi connectivity index (χ1v) is 7.42. The minimum absolute atomic E-state index is 0. The molecular weight excluding hydrogens is 348 g/mol. The molecule has 0 bridgehead atoms. The number of nitrogens with one attached hydrogen (secondary N) is 1. The minimum Gasteiger partial charge on any atom is -1.00 e. The number of hydrogen-bond donors (Lipinski definition) is 1. The van der Waals surface area contributed by atoms with Crippen molar-refractivity contribution in [2.45, 2.75) is 6.92 Å². The fourth-order valence-electron chi connectivity index (χ4n) is 2.44. The standard InChI is InChI=1S/C17H16N2O5.ClH/c1-4-23-17(22)10-8-12(20)15(21)16-14(10)18-11-6-5-9(19(2)3)7-13(11)24-16;/h5-8,21H,4H2,1-3H3;1H. The van der Waals surface area contributed by atoms with Crippen molar-refractivity contribution in [2.24, 2.45) is 0 Å². The smallest absolute Gasteiger partial charge is 0.345 e. The second kappa shape index (κ2) is 6.98. The number of benzene rings is 2. The van der Waals surface area contributed by atoms with Crippen LogP contribution in [0.15, 0.2) is 33.5 Å². The average molecular weight is 365 g/mol. The Morgan fingerprint density at radius 3 is 2.68 bits per heavy atom. The number of H-pyrrole nitrogens is 1. The molecule has 0 spiro atoms. The fourth-order valence-corrected chi connectivity index (χ4v) is 2.44. The summed E-state index contributed by atoms with van der Waals surface area (Å²) in [5.41, 5.74) is 1.50. The third kappa shape index (κ3) is 3.23. The van der Waals surface area contributed by atoms with Gasteiger partial charge in [0.2, 0.25) is 28.0 Å². The maximum absolute atomic E-state index is 12.1. The highest BCUT2D eigenvalue weighted by molar-refractivity contribution is 5.96. The highest BCUT2D eigenvalue weighted by Gasteiger charge is 2.30. The Hall–Kier alpha value is -2.80. The van der Waals surface area contributed by atoms with Gasteiger partial charge >= 0.3 is 5.97 Å². The van der Waals surface area contributed by atoms with Crippen LogP contribution in [0.3, 0.4) is 0 Å². The molecule has 0 atom stereocenters. The highest BCUT2D eigenvalue weighted by atomic mass is 35.5. The van der Waals surface area contributed by atoms with Gasteiger partial charge in [-0.25, -0.2) is 4.79 Å². The van der Waals surface area contributed by atoms with Gasteiger partial charge in [0.05, 0.1) is 6.61 Å². The molecule has 0 aromatic heterocycles. The third-order valence-electron chi connectivity index (χ3n) is 3.67. The summed E-state index contributed by atoms with van der Waals surface area (Å²) in [6.45, 7) is 1.84. The predicted molar refractivity (Wildman–Crippen MR) is 87.6 cm³/mol. The second-order valence-corrected chi connectivity index (χ2v) is 5.50. The molecule has 0 fully saturated rings. The van der Waals surface area contributed by atoms with Crippen molar-refractivity contribution < 1.29 is 36.4 Å². The molecule has 3 rings (SSSR count). The van der Waals surface area contributed by atoms with Gasteiger partial charge in [0.1, 0.15) is 5.56 Å². The predicted octanol–water partition coefficient (Wildman–Crippen LogP) is -1.34. The van der Waals surface area contributed by atoms with E-state index in [1.54, 1.807) is 19.1 Å². The molecule has 8 heteroatoms. The van der Waals surface area contributed by atoms with Gasteiger partial charge in [-0.05, 0) is 13.0 Å². The van der Waals surface area contributed by atoms with E-state index < -0.39 is 17.1 Å². The SMILES string of the molecule is CCOC(=O)c1cc(=O)c(O)c2oc3cc(N(C)C)ccc3[nH+]c1-2.[Cl-]. The Balaban J connectivity index is 0.00000225. The van der Waals surface area contributed by atoms with Gasteiger partial charge in [0.25, 0.3) is 5.69 Å². The van der Waals surface area contributed by atoms with E-state index in [0.717, 1.165) is 11.8 Å². The van der Waals surface area contributed by atoms with Gasteiger partial charge in [-0.15, -0.1) is 0 Å². The molecule has 25 heavy (non-hydrogen) atoms. The first-order valence-electron chi connectivity index (χ1n) is 7.42. The first-order chi connectivity index (χ1) is 11.4. The van der Waals surface area contributed by atoms with Crippen molar-refractivity contribution in [3.8, 4) is 17.2 Å². The van der Waals surface area contributed by atoms with Crippen molar-refractivity contribution in [3.05, 3.63) is 40.1 Å². The van der Waals surface area contributed by atoms with Gasteiger partial charge in [-0.2, -0.15) is 4.98 Å². The lowest BCUT2D eigenvalue weighted by Gasteiger charge is -2.12. The summed E-state index contributed by atoms with van der Waals surface area (Å²) in [5, 5.41) is 10.0. The largest absolute Gasteiger partial charge is 1.00 e. The lowest BCUT2D eigenvalue weighted by atomic mass is 10.1. The van der Waals surface area contributed by atoms with Crippen LogP contribution in [0.5, 0.6) is 5.75 Å². The summed E-state index contributed by atoms with van der Waals surface area (Å²) < 4.78 is 10.7. The molecule has 7 nitrogen and oxygen atoms in total. The van der Waals surface area contributed by atoms with E-state index in [9.17, 15) is 14.7 Å². The van der Waals surface area contributed by atoms with Crippen LogP contribution in [-0.2, 0) is 4.74 Å². The van der Waals surface area contributed by atoms with Crippen molar-refractivity contribution >= 4 is 22.8 Å². The molecule has 1 aliphatic carbocycles. The van der Waals surface area contributed by atoms with Crippen LogP contribution in [0.1, 0.15) is 17.3 Å². The molecule has 0 amide bonds. The zero-order valence-corrected chi connectivity index (χ0v) is 14.7. The fraction of sp³-hybridized carbons (Fsp3) is 0.235. The van der Waals surface area contributed by atoms with E-state index >= 15 is 0 Å². The van der Waals surface area contributed by atoms with Crippen LogP contribution in [0.25, 0.3) is 22.6 Å². The number of phenolic OH excluding ortho intramolecular Hbond substituents is 1. The van der Waals surface area contributed by atoms with Crippen molar-refractivity contribution in [1.82, 2.24) is 0 Å². The number of aromatic amines is 1. The number of esters is 1. The zero-order valence-electron chi connectivity index (χ0n) is 13.9. The van der Waals surface area contributed by atoms with E-state index in [0.29, 0.717) is 11.1 Å². The van der Waals surface area contributed by atoms with Crippen molar-refractivity contribution in [3.63, 3.8) is 0 Å². The Bertz CT molecular complexity index is 967. The molecule has 0 saturated carbocycles. The van der Waals surface area contributed by atoms with Crippen molar-refractivity contribution in [2.75, 3.05) is 25.6 Å². The van der Waals surface area contributed by atoms with E-state index in [1.807, 2.05) is 25.1 Å². The molecule has 132 valence electrons. The zero-order chi connectivity index (χ0) is 17.4. The normalized spacial score (nSPS) is 10.5. The number of hydrogen-bond acceptors (Lipinski definition) is 6. The number of aromatic nitrogens is 1. The van der Waals surface area contributed by atoms with E-state index in [1.165, 1.54) is 0 Å². The number of halogens is 1. The van der Waals surface area contributed by atoms with E-state index in [4.69, 9.17) is 9.15 Å². The summed E-state index contributed by atoms with van der Waals surface area (Å²) in [6.07, 6.45) is 0. The molecule has 1 aromatic rings. The topological polar surface area (TPSA) is 94.1 Å². The van der Waals surface area contributed by atoms with Crippen molar-refractivity contribution in [1.29, 1.82) is 0 Å². The lowest BCUT2D eigenvalue weighted by molar-refractivity contribution is -0.334. The second-order valence-electron chi connectivity index (χ2n) is 5.50. The van der Waals surface area contributed by atoms with Gasteiger partial charge in [-0.1, -0.05) is 0 Å². The monoisotopic (exact) mass is 364 g/mol. The Morgan fingerprint density at radius 1 is 1.32 bits per heavy atom. The molecule has 1 aliphatic heterocycles. The lowest BCUT2D eigenvalue weighted by Crippen LogP contribution is -3.00. The summed E-state index contributed by atoms with van der Waals surface area (Å²) in [4.78, 5) is 29.0. The van der Waals surface area contributed by atoms with Gasteiger partial charge in [-0.3, -0.25) is 4.79 Å². The molecular formula is C17H17ClN2O5. The molecule has 1 heterocycles. The number of fused-ring (bicyclic) bond motifs is 2. The Labute approximate surface area is 149 Å². The summed E-state index contributed by atoms with van der Waals surface area (Å²) >= 11 is 0. The van der Waals surface area contributed by atoms with Gasteiger partial charge in [0.15, 0.2) is 0 Å². The molecule has 1 aromatic carbocycles. The number of aromatic hydroxyl groups is 1. The van der Waals surface area contributed by atoms with E-state index in [2.05, 4.69) is 4.98 Å². The van der Waals surface area contributed by atoms with Gasteiger partial charge in [0, 0.05) is 38.0 Å². The summed E-state index contributed by atoms with van der Waals surface area (Å²) in [6, 6.07) is 6.49. The number of phenols is 1. The number of nitrogens with zero attached hydrogens (tertiary/aromatic N) is 1. The molecule has 0 radical (unpaired) electrons. The Morgan fingerprint density at radius 2 is 2.04 bits per heavy atom. The van der Waals surface area contributed by atoms with Crippen LogP contribution in [0.4, 0.5) is 5.69 Å². The molecule has 0 unspecified atom stereocenters. The van der Waals surface area contributed by atoms with Crippen LogP contribution in [0, 0.1) is 0 Å². The average Bonchev–Trinajstić information content (AvgIpc) is 2.56. The maximum Gasteiger partial charge on any atom is 0.345 e. The van der Waals surface area contributed by atoms with Crippen LogP contribution in [0.2, 0.25) is 0 Å². The molecule has 2 aliphatic rings. The third-order valence-corrected chi connectivity index (χ3v) is 3.67. The van der Waals surface area contributed by atoms with E-state index in [-0.39, 0.29) is 36.0 Å². The molecule has 0 saturated heterocycles. The number of rotatable bonds is 3. The number of carbonyl (C=O) groups is 1. The highest BCUT2D eigenvalue weighted by Crippen LogP contribution is 2.31. The Kier molecular flexibility index (Phi) is 5.18. The maximum atomic E-state index is 12.1. The number of ether oxygens (including phenoxy) is 1. The van der Waals surface area contributed by atoms with Crippen LogP contribution < -0.4 is 27.7 Å². The first kappa shape index (κ1) is 18.5.